The molecule has 1 aromatic rings. The molecule has 0 fully saturated rings. The number of hydrogen-bond acceptors (Lipinski definition) is 6. The minimum atomic E-state index is -0.458. The summed E-state index contributed by atoms with van der Waals surface area (Å²) in [5.41, 5.74) is 4.50. The summed E-state index contributed by atoms with van der Waals surface area (Å²) in [7, 11) is 2.88. The summed E-state index contributed by atoms with van der Waals surface area (Å²) in [6.45, 7) is 3.97. The Hall–Kier alpha value is -1.89. The Morgan fingerprint density at radius 1 is 1.50 bits per heavy atom. The second-order valence-electron chi connectivity index (χ2n) is 4.08. The molecule has 0 aliphatic rings. The fourth-order valence-corrected chi connectivity index (χ4v) is 1.51. The van der Waals surface area contributed by atoms with E-state index in [1.807, 2.05) is 19.1 Å². The fraction of sp³-hybridized carbons (Fsp3) is 0.615. The zero-order valence-electron chi connectivity index (χ0n) is 12.5. The minimum absolute atomic E-state index is 0.111. The molecule has 1 unspecified atom stereocenters. The van der Waals surface area contributed by atoms with Crippen molar-refractivity contribution in [2.75, 3.05) is 14.2 Å². The number of aromatic nitrogens is 2. The van der Waals surface area contributed by atoms with Gasteiger partial charge in [-0.05, 0) is 26.8 Å². The first-order valence-corrected chi connectivity index (χ1v) is 6.40. The molecule has 7 heteroatoms. The van der Waals surface area contributed by atoms with Crippen LogP contribution in [0, 0.1) is 12.8 Å². The number of nitrogens with zero attached hydrogens (tertiary/aromatic N) is 2. The maximum Gasteiger partial charge on any atom is 0.441 e. The van der Waals surface area contributed by atoms with Gasteiger partial charge in [-0.2, -0.15) is 0 Å². The van der Waals surface area contributed by atoms with Gasteiger partial charge in [-0.1, -0.05) is 24.2 Å². The van der Waals surface area contributed by atoms with Crippen molar-refractivity contribution in [3.8, 4) is 0 Å². The highest BCUT2D eigenvalue weighted by atomic mass is 16.5. The lowest BCUT2D eigenvalue weighted by Gasteiger charge is -2.06. The predicted molar refractivity (Wildman–Crippen MR) is 75.2 cm³/mol. The molecule has 0 saturated carbocycles. The number of aryl methyl sites for hydroxylation is 1. The van der Waals surface area contributed by atoms with Crippen molar-refractivity contribution in [3.05, 3.63) is 28.5 Å². The molecule has 1 heterocycles. The molecule has 0 saturated heterocycles. The number of carbonyl (C=O) groups excluding carboxylic acids is 1. The lowest BCUT2D eigenvalue weighted by Crippen LogP contribution is -2.14. The van der Waals surface area contributed by atoms with Gasteiger partial charge in [-0.3, -0.25) is 13.9 Å². The van der Waals surface area contributed by atoms with E-state index in [9.17, 15) is 9.59 Å². The number of methoxy groups -OCH3 is 1. The van der Waals surface area contributed by atoms with Crippen LogP contribution in [0.2, 0.25) is 0 Å². The first-order valence-electron chi connectivity index (χ1n) is 6.40. The van der Waals surface area contributed by atoms with Gasteiger partial charge in [0.05, 0.1) is 13.0 Å². The van der Waals surface area contributed by atoms with Gasteiger partial charge in [0.25, 0.3) is 0 Å². The van der Waals surface area contributed by atoms with Crippen LogP contribution in [0.5, 0.6) is 0 Å². The maximum atomic E-state index is 11.2. The Bertz CT molecular complexity index is 476. The Labute approximate surface area is 118 Å². The van der Waals surface area contributed by atoms with E-state index in [0.29, 0.717) is 12.4 Å². The molecular weight excluding hydrogens is 262 g/mol. The molecule has 20 heavy (non-hydrogen) atoms. The molecule has 0 bridgehead atoms. The molecule has 0 spiro atoms. The minimum Gasteiger partial charge on any atom is -0.469 e. The molecule has 0 amide bonds. The van der Waals surface area contributed by atoms with Crippen molar-refractivity contribution in [2.45, 2.75) is 33.2 Å². The van der Waals surface area contributed by atoms with Crippen molar-refractivity contribution < 1.29 is 14.1 Å². The number of nitrogens with two attached hydrogens (primary N) is 1. The Morgan fingerprint density at radius 3 is 2.65 bits per heavy atom. The van der Waals surface area contributed by atoms with Crippen LogP contribution in [0.4, 0.5) is 0 Å². The summed E-state index contributed by atoms with van der Waals surface area (Å²) in [4.78, 5) is 22.3. The number of hydrogen-bond donors (Lipinski definition) is 1. The number of carbonyl (C=O) groups is 1. The van der Waals surface area contributed by atoms with Crippen LogP contribution in [-0.2, 0) is 16.1 Å². The molecule has 1 rings (SSSR count). The normalized spacial score (nSPS) is 11.8. The second kappa shape index (κ2) is 9.96. The number of ether oxygens (including phenoxy) is 1. The third-order valence-corrected chi connectivity index (χ3v) is 2.69. The van der Waals surface area contributed by atoms with Crippen molar-refractivity contribution in [3.63, 3.8) is 0 Å². The van der Waals surface area contributed by atoms with Crippen LogP contribution in [-0.4, -0.2) is 29.9 Å². The maximum absolute atomic E-state index is 11.2. The highest BCUT2D eigenvalue weighted by Crippen LogP contribution is 2.07. The van der Waals surface area contributed by atoms with E-state index in [1.54, 1.807) is 6.92 Å². The van der Waals surface area contributed by atoms with Gasteiger partial charge < -0.3 is 10.5 Å². The van der Waals surface area contributed by atoms with E-state index in [-0.39, 0.29) is 11.9 Å². The lowest BCUT2D eigenvalue weighted by atomic mass is 10.1. The highest BCUT2D eigenvalue weighted by molar-refractivity contribution is 5.71. The van der Waals surface area contributed by atoms with Crippen LogP contribution in [0.3, 0.4) is 0 Å². The Balaban J connectivity index is 0.00000172. The second-order valence-corrected chi connectivity index (χ2v) is 4.08. The van der Waals surface area contributed by atoms with E-state index in [4.69, 9.17) is 0 Å². The van der Waals surface area contributed by atoms with Gasteiger partial charge in [-0.15, -0.1) is 0 Å². The molecule has 0 aliphatic carbocycles. The quantitative estimate of drug-likeness (QED) is 0.614. The topological polar surface area (TPSA) is 100 Å². The smallest absolute Gasteiger partial charge is 0.441 e. The SMILES string of the molecule is CN.COC(=O)C(C)CC/C=C\Cn1c(C)noc1=O. The largest absolute Gasteiger partial charge is 0.469 e. The highest BCUT2D eigenvalue weighted by Gasteiger charge is 2.11. The molecular formula is C13H23N3O4. The van der Waals surface area contributed by atoms with Gasteiger partial charge in [0.1, 0.15) is 0 Å². The molecule has 0 aliphatic heterocycles. The molecule has 1 aromatic heterocycles. The zero-order valence-corrected chi connectivity index (χ0v) is 12.5. The molecule has 7 nitrogen and oxygen atoms in total. The van der Waals surface area contributed by atoms with E-state index in [2.05, 4.69) is 20.2 Å². The predicted octanol–water partition coefficient (Wildman–Crippen LogP) is 0.865. The first kappa shape index (κ1) is 18.1. The first-order chi connectivity index (χ1) is 9.56. The van der Waals surface area contributed by atoms with E-state index < -0.39 is 5.76 Å². The summed E-state index contributed by atoms with van der Waals surface area (Å²) >= 11 is 0. The summed E-state index contributed by atoms with van der Waals surface area (Å²) in [5, 5.41) is 3.56. The van der Waals surface area contributed by atoms with Crippen molar-refractivity contribution >= 4 is 5.97 Å². The molecule has 0 aromatic carbocycles. The molecule has 2 N–H and O–H groups in total. The van der Waals surface area contributed by atoms with Crippen LogP contribution < -0.4 is 11.5 Å². The average molecular weight is 285 g/mol. The zero-order chi connectivity index (χ0) is 15.5. The Morgan fingerprint density at radius 2 is 2.15 bits per heavy atom. The molecule has 0 radical (unpaired) electrons. The van der Waals surface area contributed by atoms with Crippen molar-refractivity contribution in [2.24, 2.45) is 11.7 Å². The number of esters is 1. The number of rotatable bonds is 6. The summed E-state index contributed by atoms with van der Waals surface area (Å²) < 4.78 is 10.6. The fourth-order valence-electron chi connectivity index (χ4n) is 1.51. The summed E-state index contributed by atoms with van der Waals surface area (Å²) in [6.07, 6.45) is 5.27. The van der Waals surface area contributed by atoms with Crippen LogP contribution in [0.1, 0.15) is 25.6 Å². The summed E-state index contributed by atoms with van der Waals surface area (Å²) in [5.74, 6) is -0.221. The number of allylic oxidation sites excluding steroid dienone is 2. The van der Waals surface area contributed by atoms with Crippen molar-refractivity contribution in [1.82, 2.24) is 9.72 Å². The van der Waals surface area contributed by atoms with E-state index in [0.717, 1.165) is 12.8 Å². The van der Waals surface area contributed by atoms with Gasteiger partial charge in [0, 0.05) is 6.54 Å². The van der Waals surface area contributed by atoms with E-state index in [1.165, 1.54) is 18.7 Å². The van der Waals surface area contributed by atoms with Gasteiger partial charge in [0.2, 0.25) is 0 Å². The molecule has 1 atom stereocenters. The third-order valence-electron chi connectivity index (χ3n) is 2.69. The standard InChI is InChI=1S/C12H18N2O4.CH5N/c1-9(11(15)17-3)7-5-4-6-8-14-10(2)13-18-12(14)16;1-2/h4,6,9H,5,7-8H2,1-3H3;2H2,1H3/b6-4-;. The van der Waals surface area contributed by atoms with Crippen molar-refractivity contribution in [1.29, 1.82) is 0 Å². The van der Waals surface area contributed by atoms with Crippen LogP contribution in [0.25, 0.3) is 0 Å². The monoisotopic (exact) mass is 285 g/mol. The summed E-state index contributed by atoms with van der Waals surface area (Å²) in [6, 6.07) is 0. The van der Waals surface area contributed by atoms with Gasteiger partial charge in [-0.25, -0.2) is 4.79 Å². The Kier molecular flexibility index (Phi) is 9.02. The van der Waals surface area contributed by atoms with Crippen LogP contribution >= 0.6 is 0 Å². The third kappa shape index (κ3) is 5.83. The van der Waals surface area contributed by atoms with Crippen LogP contribution in [0.15, 0.2) is 21.5 Å². The van der Waals surface area contributed by atoms with Gasteiger partial charge in [0.15, 0.2) is 5.82 Å². The average Bonchev–Trinajstić information content (AvgIpc) is 2.79. The van der Waals surface area contributed by atoms with Gasteiger partial charge >= 0.3 is 11.7 Å². The lowest BCUT2D eigenvalue weighted by molar-refractivity contribution is -0.144. The van der Waals surface area contributed by atoms with E-state index >= 15 is 0 Å². The molecule has 114 valence electrons.